The van der Waals surface area contributed by atoms with Crippen LogP contribution in [0.5, 0.6) is 0 Å². The maximum atomic E-state index is 5.84. The van der Waals surface area contributed by atoms with E-state index in [0.29, 0.717) is 11.9 Å². The molecule has 1 aliphatic rings. The average molecular weight is 228 g/mol. The molecule has 0 spiro atoms. The molecule has 0 aromatic carbocycles. The molecule has 1 saturated carbocycles. The maximum absolute atomic E-state index is 5.84. The molecular weight excluding hydrogens is 210 g/mol. The smallest absolute Gasteiger partial charge is 0.0949 e. The fraction of sp³-hybridized carbons (Fsp3) is 0.727. The van der Waals surface area contributed by atoms with Crippen LogP contribution in [0, 0.1) is 0 Å². The average Bonchev–Trinajstić information content (AvgIpc) is 2.99. The largest absolute Gasteiger partial charge is 0.332 e. The molecule has 2 rings (SSSR count). The van der Waals surface area contributed by atoms with Gasteiger partial charge in [-0.1, -0.05) is 0 Å². The van der Waals surface area contributed by atoms with E-state index in [9.17, 15) is 0 Å². The Morgan fingerprint density at radius 3 is 3.00 bits per heavy atom. The fourth-order valence-corrected chi connectivity index (χ4v) is 2.10. The summed E-state index contributed by atoms with van der Waals surface area (Å²) in [6.45, 7) is 3.24. The summed E-state index contributed by atoms with van der Waals surface area (Å²) in [4.78, 5) is 6.58. The first-order chi connectivity index (χ1) is 7.22. The number of imidazole rings is 1. The van der Waals surface area contributed by atoms with Crippen molar-refractivity contribution in [3.8, 4) is 0 Å². The Kier molecular flexibility index (Phi) is 3.32. The predicted octanol–water partition coefficient (Wildman–Crippen LogP) is 2.10. The molecule has 0 bridgehead atoms. The molecule has 1 aromatic rings. The molecule has 4 heteroatoms. The van der Waals surface area contributed by atoms with Crippen molar-refractivity contribution >= 4 is 11.6 Å². The summed E-state index contributed by atoms with van der Waals surface area (Å²) in [5, 5.41) is 0. The van der Waals surface area contributed by atoms with Crippen molar-refractivity contribution in [2.45, 2.75) is 44.3 Å². The van der Waals surface area contributed by atoms with Gasteiger partial charge in [0.15, 0.2) is 0 Å². The van der Waals surface area contributed by atoms with Gasteiger partial charge in [0, 0.05) is 24.8 Å². The van der Waals surface area contributed by atoms with Crippen LogP contribution in [0.2, 0.25) is 0 Å². The van der Waals surface area contributed by atoms with E-state index < -0.39 is 0 Å². The Balaban J connectivity index is 1.95. The predicted molar refractivity (Wildman–Crippen MR) is 62.0 cm³/mol. The second kappa shape index (κ2) is 4.54. The van der Waals surface area contributed by atoms with E-state index in [1.807, 2.05) is 12.5 Å². The number of aromatic nitrogens is 2. The van der Waals surface area contributed by atoms with Crippen LogP contribution < -0.4 is 0 Å². The van der Waals surface area contributed by atoms with Gasteiger partial charge in [-0.05, 0) is 26.8 Å². The fourth-order valence-electron chi connectivity index (χ4n) is 1.88. The van der Waals surface area contributed by atoms with Gasteiger partial charge in [0.1, 0.15) is 0 Å². The lowest BCUT2D eigenvalue weighted by atomic mass is 10.3. The molecule has 1 aromatic heterocycles. The van der Waals surface area contributed by atoms with Crippen LogP contribution in [0.15, 0.2) is 12.5 Å². The lowest BCUT2D eigenvalue weighted by Crippen LogP contribution is -2.34. The second-order valence-electron chi connectivity index (χ2n) is 4.42. The summed E-state index contributed by atoms with van der Waals surface area (Å²) < 4.78 is 2.15. The number of likely N-dealkylation sites (N-methyl/N-ethyl adjacent to an activating group) is 1. The molecular formula is C11H18ClN3. The summed E-state index contributed by atoms with van der Waals surface area (Å²) in [5.74, 6) is 0.542. The van der Waals surface area contributed by atoms with Gasteiger partial charge in [-0.25, -0.2) is 4.98 Å². The van der Waals surface area contributed by atoms with Crippen LogP contribution in [0.3, 0.4) is 0 Å². The van der Waals surface area contributed by atoms with Crippen molar-refractivity contribution in [3.05, 3.63) is 18.2 Å². The summed E-state index contributed by atoms with van der Waals surface area (Å²) in [7, 11) is 2.21. The minimum Gasteiger partial charge on any atom is -0.332 e. The van der Waals surface area contributed by atoms with E-state index in [2.05, 4.69) is 28.4 Å². The van der Waals surface area contributed by atoms with Gasteiger partial charge in [-0.2, -0.15) is 0 Å². The van der Waals surface area contributed by atoms with E-state index >= 15 is 0 Å². The first kappa shape index (κ1) is 11.0. The van der Waals surface area contributed by atoms with E-state index in [1.54, 1.807) is 0 Å². The third-order valence-corrected chi connectivity index (χ3v) is 3.49. The summed E-state index contributed by atoms with van der Waals surface area (Å²) >= 11 is 5.84. The van der Waals surface area contributed by atoms with Crippen molar-refractivity contribution in [1.29, 1.82) is 0 Å². The van der Waals surface area contributed by atoms with Crippen LogP contribution in [0.25, 0.3) is 0 Å². The highest BCUT2D eigenvalue weighted by Gasteiger charge is 2.29. The molecule has 15 heavy (non-hydrogen) atoms. The van der Waals surface area contributed by atoms with Crippen molar-refractivity contribution < 1.29 is 0 Å². The first-order valence-electron chi connectivity index (χ1n) is 5.49. The molecule has 0 radical (unpaired) electrons. The molecule has 0 amide bonds. The van der Waals surface area contributed by atoms with Crippen LogP contribution in [-0.4, -0.2) is 33.6 Å². The summed E-state index contributed by atoms with van der Waals surface area (Å²) in [6.07, 6.45) is 6.42. The Morgan fingerprint density at radius 1 is 1.67 bits per heavy atom. The third kappa shape index (κ3) is 2.52. The van der Waals surface area contributed by atoms with Gasteiger partial charge in [-0.15, -0.1) is 11.6 Å². The van der Waals surface area contributed by atoms with E-state index in [-0.39, 0.29) is 0 Å². The monoisotopic (exact) mass is 227 g/mol. The quantitative estimate of drug-likeness (QED) is 0.719. The minimum atomic E-state index is 0.542. The molecule has 0 aliphatic heterocycles. The van der Waals surface area contributed by atoms with Crippen LogP contribution in [0.4, 0.5) is 0 Å². The highest BCUT2D eigenvalue weighted by atomic mass is 35.5. The van der Waals surface area contributed by atoms with Gasteiger partial charge in [0.05, 0.1) is 17.9 Å². The molecule has 84 valence electrons. The van der Waals surface area contributed by atoms with Gasteiger partial charge < -0.3 is 4.57 Å². The van der Waals surface area contributed by atoms with Gasteiger partial charge in [0.25, 0.3) is 0 Å². The summed E-state index contributed by atoms with van der Waals surface area (Å²) in [6, 6.07) is 1.36. The zero-order valence-electron chi connectivity index (χ0n) is 9.36. The van der Waals surface area contributed by atoms with Crippen LogP contribution in [0.1, 0.15) is 25.5 Å². The highest BCUT2D eigenvalue weighted by molar-refractivity contribution is 6.16. The molecule has 0 saturated heterocycles. The van der Waals surface area contributed by atoms with E-state index in [0.717, 1.165) is 18.3 Å². The minimum absolute atomic E-state index is 0.542. The van der Waals surface area contributed by atoms with E-state index in [4.69, 9.17) is 11.6 Å². The molecule has 1 fully saturated rings. The first-order valence-corrected chi connectivity index (χ1v) is 6.02. The second-order valence-corrected chi connectivity index (χ2v) is 4.68. The van der Waals surface area contributed by atoms with Gasteiger partial charge in [0.2, 0.25) is 0 Å². The third-order valence-electron chi connectivity index (χ3n) is 3.21. The standard InChI is InChI=1S/C11H18ClN3/c1-9(14(2)10-3-4-10)7-15-8-13-6-11(15)5-12/h6,8-10H,3-5,7H2,1-2H3. The molecule has 1 aliphatic carbocycles. The Morgan fingerprint density at radius 2 is 2.40 bits per heavy atom. The van der Waals surface area contributed by atoms with Crippen molar-refractivity contribution in [2.24, 2.45) is 0 Å². The van der Waals surface area contributed by atoms with Crippen LogP contribution >= 0.6 is 11.6 Å². The number of hydrogen-bond donors (Lipinski definition) is 0. The SMILES string of the molecule is CC(Cn1cncc1CCl)N(C)C1CC1. The Bertz CT molecular complexity index is 319. The van der Waals surface area contributed by atoms with Gasteiger partial charge >= 0.3 is 0 Å². The number of alkyl halides is 1. The highest BCUT2D eigenvalue weighted by Crippen LogP contribution is 2.27. The zero-order valence-corrected chi connectivity index (χ0v) is 10.1. The number of nitrogens with zero attached hydrogens (tertiary/aromatic N) is 3. The number of hydrogen-bond acceptors (Lipinski definition) is 2. The lowest BCUT2D eigenvalue weighted by molar-refractivity contribution is 0.224. The number of rotatable bonds is 5. The van der Waals surface area contributed by atoms with Crippen molar-refractivity contribution in [1.82, 2.24) is 14.5 Å². The Hall–Kier alpha value is -0.540. The summed E-state index contributed by atoms with van der Waals surface area (Å²) in [5.41, 5.74) is 1.10. The molecule has 1 atom stereocenters. The Labute approximate surface area is 96.0 Å². The lowest BCUT2D eigenvalue weighted by Gasteiger charge is -2.25. The van der Waals surface area contributed by atoms with Crippen LogP contribution in [-0.2, 0) is 12.4 Å². The molecule has 1 unspecified atom stereocenters. The van der Waals surface area contributed by atoms with Gasteiger partial charge in [-0.3, -0.25) is 4.90 Å². The normalized spacial score (nSPS) is 18.4. The molecule has 3 nitrogen and oxygen atoms in total. The maximum Gasteiger partial charge on any atom is 0.0949 e. The molecule has 1 heterocycles. The number of halogens is 1. The topological polar surface area (TPSA) is 21.1 Å². The van der Waals surface area contributed by atoms with Crippen molar-refractivity contribution in [2.75, 3.05) is 7.05 Å². The van der Waals surface area contributed by atoms with Crippen molar-refractivity contribution in [3.63, 3.8) is 0 Å². The zero-order chi connectivity index (χ0) is 10.8. The molecule has 0 N–H and O–H groups in total. The van der Waals surface area contributed by atoms with E-state index in [1.165, 1.54) is 12.8 Å².